The summed E-state index contributed by atoms with van der Waals surface area (Å²) in [5, 5.41) is 3.05. The number of alkyl halides is 1. The molecule has 0 saturated heterocycles. The summed E-state index contributed by atoms with van der Waals surface area (Å²) >= 11 is 11.7. The highest BCUT2D eigenvalue weighted by molar-refractivity contribution is 8.23. The number of rotatable bonds is 3. The molecule has 1 aromatic rings. The lowest BCUT2D eigenvalue weighted by Crippen LogP contribution is -2.30. The van der Waals surface area contributed by atoms with Crippen molar-refractivity contribution in [2.45, 2.75) is 11.1 Å². The van der Waals surface area contributed by atoms with Crippen LogP contribution in [-0.4, -0.2) is 10.1 Å². The van der Waals surface area contributed by atoms with Crippen molar-refractivity contribution >= 4 is 56.5 Å². The minimum Gasteiger partial charge on any atom is -0.322 e. The average molecular weight is 285 g/mol. The molecule has 0 radical (unpaired) electrons. The van der Waals surface area contributed by atoms with Gasteiger partial charge in [0, 0.05) is 0 Å². The van der Waals surface area contributed by atoms with Gasteiger partial charge in [0.15, 0.2) is 4.21 Å². The van der Waals surface area contributed by atoms with Crippen LogP contribution in [0.3, 0.4) is 0 Å². The quantitative estimate of drug-likeness (QED) is 0.846. The minimum absolute atomic E-state index is 0.405. The number of nitrogens with one attached hydrogen (secondary N) is 1. The summed E-state index contributed by atoms with van der Waals surface area (Å²) in [4.78, 5) is 11.6. The summed E-state index contributed by atoms with van der Waals surface area (Å²) in [7, 11) is 6.23. The maximum Gasteiger partial charge on any atom is 0.256 e. The van der Waals surface area contributed by atoms with Crippen molar-refractivity contribution in [2.75, 3.05) is 5.32 Å². The van der Waals surface area contributed by atoms with E-state index in [-0.39, 0.29) is 0 Å². The lowest BCUT2D eigenvalue weighted by molar-refractivity contribution is -0.116. The van der Waals surface area contributed by atoms with Crippen molar-refractivity contribution in [3.05, 3.63) is 29.3 Å². The Morgan fingerprint density at radius 2 is 2.07 bits per heavy atom. The molecule has 1 rings (SSSR count). The molecule has 1 N–H and O–H groups in total. The van der Waals surface area contributed by atoms with Crippen LogP contribution in [0.5, 0.6) is 0 Å². The van der Waals surface area contributed by atoms with E-state index in [0.717, 1.165) is 11.0 Å². The average Bonchev–Trinajstić information content (AvgIpc) is 2.21. The lowest BCUT2D eigenvalue weighted by atomic mass is 10.3. The second kappa shape index (κ2) is 5.30. The highest BCUT2D eigenvalue weighted by Gasteiger charge is 2.31. The Morgan fingerprint density at radius 1 is 1.47 bits per heavy atom. The van der Waals surface area contributed by atoms with Crippen LogP contribution in [-0.2, 0) is 4.79 Å². The van der Waals surface area contributed by atoms with E-state index >= 15 is 0 Å². The molecule has 6 heteroatoms. The van der Waals surface area contributed by atoms with Gasteiger partial charge in [-0.3, -0.25) is 4.79 Å². The summed E-state index contributed by atoms with van der Waals surface area (Å²) in [6.45, 7) is 1.51. The van der Waals surface area contributed by atoms with E-state index in [9.17, 15) is 4.79 Å². The molecule has 1 atom stereocenters. The van der Waals surface area contributed by atoms with Gasteiger partial charge in [0.05, 0.1) is 10.7 Å². The van der Waals surface area contributed by atoms with E-state index in [1.54, 1.807) is 24.3 Å². The number of carbonyl (C=O) groups excluding carboxylic acids is 1. The van der Waals surface area contributed by atoms with Crippen molar-refractivity contribution in [3.8, 4) is 0 Å². The summed E-state index contributed by atoms with van der Waals surface area (Å²) < 4.78 is -1.21. The van der Waals surface area contributed by atoms with Crippen LogP contribution in [0.4, 0.5) is 5.69 Å². The van der Waals surface area contributed by atoms with Gasteiger partial charge in [-0.25, -0.2) is 0 Å². The van der Waals surface area contributed by atoms with Gasteiger partial charge in [0.2, 0.25) is 0 Å². The molecule has 15 heavy (non-hydrogen) atoms. The summed E-state index contributed by atoms with van der Waals surface area (Å²) in [5.41, 5.74) is 0.516. The van der Waals surface area contributed by atoms with Crippen LogP contribution in [0.25, 0.3) is 0 Å². The fraction of sp³-hybridized carbons (Fsp3) is 0.222. The molecule has 0 heterocycles. The lowest BCUT2D eigenvalue weighted by Gasteiger charge is -2.17. The van der Waals surface area contributed by atoms with Crippen LogP contribution in [0.15, 0.2) is 24.3 Å². The molecule has 0 aromatic heterocycles. The number of halogens is 3. The predicted octanol–water partition coefficient (Wildman–Crippen LogP) is 4.12. The molecular weight excluding hydrogens is 277 g/mol. The standard InChI is InChI=1S/C9H8Cl3NOS/c1-9(11,15-12)8(14)13-7-5-3-2-4-6(7)10/h2-5H,1H3,(H,13,14). The number of amides is 1. The molecule has 1 aromatic carbocycles. The van der Waals surface area contributed by atoms with Crippen molar-refractivity contribution in [3.63, 3.8) is 0 Å². The normalized spacial score (nSPS) is 14.4. The Bertz CT molecular complexity index is 370. The first kappa shape index (κ1) is 13.0. The first-order valence-electron chi connectivity index (χ1n) is 4.02. The molecule has 1 amide bonds. The SMILES string of the molecule is CC(Cl)(SCl)C(=O)Nc1ccccc1Cl. The molecule has 0 fully saturated rings. The maximum absolute atomic E-state index is 11.6. The van der Waals surface area contributed by atoms with Gasteiger partial charge in [-0.15, -0.1) is 0 Å². The van der Waals surface area contributed by atoms with E-state index < -0.39 is 10.1 Å². The monoisotopic (exact) mass is 283 g/mol. The smallest absolute Gasteiger partial charge is 0.256 e. The zero-order valence-electron chi connectivity index (χ0n) is 7.76. The van der Waals surface area contributed by atoms with Crippen LogP contribution < -0.4 is 5.32 Å². The van der Waals surface area contributed by atoms with Crippen LogP contribution in [0.1, 0.15) is 6.92 Å². The predicted molar refractivity (Wildman–Crippen MR) is 67.8 cm³/mol. The number of hydrogen-bond donors (Lipinski definition) is 1. The third kappa shape index (κ3) is 3.45. The Hall–Kier alpha value is -0.0900. The van der Waals surface area contributed by atoms with Gasteiger partial charge in [0.1, 0.15) is 0 Å². The molecule has 82 valence electrons. The Labute approximate surface area is 107 Å². The zero-order valence-corrected chi connectivity index (χ0v) is 10.8. The molecule has 1 unspecified atom stereocenters. The topological polar surface area (TPSA) is 29.1 Å². The molecule has 0 bridgehead atoms. The molecule has 0 aliphatic carbocycles. The van der Waals surface area contributed by atoms with Crippen molar-refractivity contribution in [1.29, 1.82) is 0 Å². The van der Waals surface area contributed by atoms with E-state index in [0.29, 0.717) is 10.7 Å². The summed E-state index contributed by atoms with van der Waals surface area (Å²) in [6, 6.07) is 6.90. The van der Waals surface area contributed by atoms with Gasteiger partial charge >= 0.3 is 0 Å². The number of benzene rings is 1. The molecule has 0 aliphatic heterocycles. The first-order chi connectivity index (χ1) is 6.97. The molecular formula is C9H8Cl3NOS. The molecule has 0 saturated carbocycles. The van der Waals surface area contributed by atoms with E-state index in [1.165, 1.54) is 6.92 Å². The fourth-order valence-corrected chi connectivity index (χ4v) is 1.39. The minimum atomic E-state index is -1.21. The molecule has 0 spiro atoms. The van der Waals surface area contributed by atoms with Crippen LogP contribution in [0.2, 0.25) is 5.02 Å². The number of carbonyl (C=O) groups is 1. The van der Waals surface area contributed by atoms with Crippen molar-refractivity contribution in [1.82, 2.24) is 0 Å². The highest BCUT2D eigenvalue weighted by atomic mass is 35.7. The maximum atomic E-state index is 11.6. The first-order valence-corrected chi connectivity index (χ1v) is 6.42. The Kier molecular flexibility index (Phi) is 4.59. The number of anilines is 1. The van der Waals surface area contributed by atoms with E-state index in [1.807, 2.05) is 0 Å². The second-order valence-electron chi connectivity index (χ2n) is 2.93. The third-order valence-electron chi connectivity index (χ3n) is 1.67. The van der Waals surface area contributed by atoms with E-state index in [4.69, 9.17) is 33.9 Å². The van der Waals surface area contributed by atoms with Crippen LogP contribution in [0, 0.1) is 0 Å². The molecule has 2 nitrogen and oxygen atoms in total. The largest absolute Gasteiger partial charge is 0.322 e. The van der Waals surface area contributed by atoms with Crippen LogP contribution >= 0.6 is 44.9 Å². The number of para-hydroxylation sites is 1. The van der Waals surface area contributed by atoms with Crippen molar-refractivity contribution < 1.29 is 4.79 Å². The van der Waals surface area contributed by atoms with Crippen molar-refractivity contribution in [2.24, 2.45) is 0 Å². The van der Waals surface area contributed by atoms with Gasteiger partial charge in [0.25, 0.3) is 5.91 Å². The van der Waals surface area contributed by atoms with Gasteiger partial charge < -0.3 is 5.32 Å². The Morgan fingerprint density at radius 3 is 2.60 bits per heavy atom. The van der Waals surface area contributed by atoms with Gasteiger partial charge in [-0.1, -0.05) is 35.3 Å². The molecule has 0 aliphatic rings. The second-order valence-corrected chi connectivity index (χ2v) is 5.75. The zero-order chi connectivity index (χ0) is 11.5. The summed E-state index contributed by atoms with van der Waals surface area (Å²) in [6.07, 6.45) is 0. The third-order valence-corrected chi connectivity index (χ3v) is 4.04. The highest BCUT2D eigenvalue weighted by Crippen LogP contribution is 2.34. The summed E-state index contributed by atoms with van der Waals surface area (Å²) in [5.74, 6) is -0.405. The van der Waals surface area contributed by atoms with E-state index in [2.05, 4.69) is 5.32 Å². The van der Waals surface area contributed by atoms with Gasteiger partial charge in [-0.05, 0) is 40.7 Å². The number of hydrogen-bond acceptors (Lipinski definition) is 2. The fourth-order valence-electron chi connectivity index (χ4n) is 0.832. The Balaban J connectivity index is 2.80. The van der Waals surface area contributed by atoms with Gasteiger partial charge in [-0.2, -0.15) is 0 Å².